The van der Waals surface area contributed by atoms with E-state index in [1.54, 1.807) is 0 Å². The lowest BCUT2D eigenvalue weighted by atomic mass is 10.2. The highest BCUT2D eigenvalue weighted by atomic mass is 16.7. The van der Waals surface area contributed by atoms with Crippen molar-refractivity contribution >= 4 is 5.69 Å². The highest BCUT2D eigenvalue weighted by Gasteiger charge is 2.22. The molecule has 1 aromatic rings. The second-order valence-corrected chi connectivity index (χ2v) is 4.91. The fourth-order valence-corrected chi connectivity index (χ4v) is 2.42. The van der Waals surface area contributed by atoms with Crippen LogP contribution >= 0.6 is 0 Å². The number of anilines is 1. The Hall–Kier alpha value is -1.46. The summed E-state index contributed by atoms with van der Waals surface area (Å²) in [5.41, 5.74) is 1.06. The number of nitrogens with zero attached hydrogens (tertiary/aromatic N) is 1. The molecule has 0 bridgehead atoms. The Labute approximate surface area is 106 Å². The van der Waals surface area contributed by atoms with Gasteiger partial charge >= 0.3 is 0 Å². The Bertz CT molecular complexity index is 426. The molecule has 2 heterocycles. The van der Waals surface area contributed by atoms with Crippen LogP contribution in [0.3, 0.4) is 0 Å². The predicted molar refractivity (Wildman–Crippen MR) is 68.2 cm³/mol. The van der Waals surface area contributed by atoms with E-state index in [1.165, 1.54) is 0 Å². The minimum absolute atomic E-state index is 0.291. The quantitative estimate of drug-likeness (QED) is 0.763. The molecule has 0 aromatic heterocycles. The van der Waals surface area contributed by atoms with Crippen molar-refractivity contribution in [3.05, 3.63) is 18.2 Å². The largest absolute Gasteiger partial charge is 0.454 e. The van der Waals surface area contributed by atoms with Gasteiger partial charge in [0.05, 0.1) is 6.10 Å². The summed E-state index contributed by atoms with van der Waals surface area (Å²) in [4.78, 5) is 2.18. The van der Waals surface area contributed by atoms with Crippen LogP contribution in [0.15, 0.2) is 18.2 Å². The summed E-state index contributed by atoms with van der Waals surface area (Å²) in [6.07, 6.45) is -0.347. The number of fused-ring (bicyclic) bond motifs is 1. The Balaban J connectivity index is 1.84. The summed E-state index contributed by atoms with van der Waals surface area (Å²) in [5, 5.41) is 13.2. The van der Waals surface area contributed by atoms with E-state index in [4.69, 9.17) is 9.47 Å². The predicted octanol–water partition coefficient (Wildman–Crippen LogP) is 0.574. The second-order valence-electron chi connectivity index (χ2n) is 4.91. The molecular weight excluding hydrogens is 232 g/mol. The van der Waals surface area contributed by atoms with E-state index in [1.807, 2.05) is 18.2 Å². The lowest BCUT2D eigenvalue weighted by Crippen LogP contribution is -2.35. The molecule has 3 rings (SSSR count). The minimum atomic E-state index is -0.347. The fraction of sp³-hybridized carbons (Fsp3) is 0.538. The molecule has 98 valence electrons. The van der Waals surface area contributed by atoms with Crippen LogP contribution in [-0.4, -0.2) is 43.7 Å². The SMILES string of the molecule is CC1CN(c2ccc3c(c2)OCO3)CC(O)CN1. The number of aliphatic hydroxyl groups is 1. The van der Waals surface area contributed by atoms with E-state index in [0.717, 1.165) is 23.7 Å². The van der Waals surface area contributed by atoms with Crippen molar-refractivity contribution in [2.45, 2.75) is 19.1 Å². The zero-order valence-corrected chi connectivity index (χ0v) is 10.4. The van der Waals surface area contributed by atoms with Gasteiger partial charge in [-0.2, -0.15) is 0 Å². The van der Waals surface area contributed by atoms with E-state index in [2.05, 4.69) is 17.1 Å². The molecule has 5 nitrogen and oxygen atoms in total. The molecule has 2 atom stereocenters. The number of benzene rings is 1. The fourth-order valence-electron chi connectivity index (χ4n) is 2.42. The van der Waals surface area contributed by atoms with Gasteiger partial charge in [-0.1, -0.05) is 0 Å². The van der Waals surface area contributed by atoms with Crippen LogP contribution in [0.2, 0.25) is 0 Å². The Morgan fingerprint density at radius 3 is 3.00 bits per heavy atom. The number of hydrogen-bond donors (Lipinski definition) is 2. The average molecular weight is 250 g/mol. The van der Waals surface area contributed by atoms with Crippen LogP contribution in [0.1, 0.15) is 6.92 Å². The average Bonchev–Trinajstić information content (AvgIpc) is 2.75. The van der Waals surface area contributed by atoms with Crippen molar-refractivity contribution in [1.82, 2.24) is 5.32 Å². The maximum atomic E-state index is 9.87. The molecule has 2 aliphatic heterocycles. The van der Waals surface area contributed by atoms with Gasteiger partial charge in [0, 0.05) is 37.4 Å². The van der Waals surface area contributed by atoms with E-state index in [-0.39, 0.29) is 6.10 Å². The summed E-state index contributed by atoms with van der Waals surface area (Å²) in [5.74, 6) is 1.58. The zero-order chi connectivity index (χ0) is 12.5. The molecule has 1 fully saturated rings. The molecule has 0 aliphatic carbocycles. The number of β-amino-alcohol motifs (C(OH)–C–C–N with tert-alkyl or cyclic N) is 1. The van der Waals surface area contributed by atoms with Gasteiger partial charge < -0.3 is 24.8 Å². The molecule has 1 aromatic carbocycles. The van der Waals surface area contributed by atoms with Gasteiger partial charge in [0.25, 0.3) is 0 Å². The molecular formula is C13H18N2O3. The first-order chi connectivity index (χ1) is 8.72. The van der Waals surface area contributed by atoms with Crippen molar-refractivity contribution in [3.8, 4) is 11.5 Å². The maximum absolute atomic E-state index is 9.87. The third-order valence-corrected chi connectivity index (χ3v) is 3.35. The lowest BCUT2D eigenvalue weighted by Gasteiger charge is -2.25. The summed E-state index contributed by atoms with van der Waals surface area (Å²) < 4.78 is 10.7. The van der Waals surface area contributed by atoms with Gasteiger partial charge in [0.2, 0.25) is 6.79 Å². The highest BCUT2D eigenvalue weighted by Crippen LogP contribution is 2.35. The molecule has 0 saturated carbocycles. The standard InChI is InChI=1S/C13H18N2O3/c1-9-6-15(7-11(16)5-14-9)10-2-3-12-13(4-10)18-8-17-12/h2-4,9,11,14,16H,5-8H2,1H3. The summed E-state index contributed by atoms with van der Waals surface area (Å²) in [6, 6.07) is 6.27. The normalized spacial score (nSPS) is 27.1. The molecule has 0 spiro atoms. The van der Waals surface area contributed by atoms with Crippen molar-refractivity contribution in [2.24, 2.45) is 0 Å². The van der Waals surface area contributed by atoms with Gasteiger partial charge in [-0.25, -0.2) is 0 Å². The number of rotatable bonds is 1. The molecule has 0 amide bonds. The molecule has 5 heteroatoms. The molecule has 1 saturated heterocycles. The molecule has 2 unspecified atom stereocenters. The van der Waals surface area contributed by atoms with Crippen LogP contribution in [0.25, 0.3) is 0 Å². The first-order valence-electron chi connectivity index (χ1n) is 6.28. The van der Waals surface area contributed by atoms with Gasteiger partial charge in [-0.3, -0.25) is 0 Å². The number of ether oxygens (including phenoxy) is 2. The third-order valence-electron chi connectivity index (χ3n) is 3.35. The lowest BCUT2D eigenvalue weighted by molar-refractivity contribution is 0.174. The van der Waals surface area contributed by atoms with Gasteiger partial charge in [0.15, 0.2) is 11.5 Å². The summed E-state index contributed by atoms with van der Waals surface area (Å²) >= 11 is 0. The highest BCUT2D eigenvalue weighted by molar-refractivity contribution is 5.57. The van der Waals surface area contributed by atoms with E-state index in [9.17, 15) is 5.11 Å². The summed E-state index contributed by atoms with van der Waals surface area (Å²) in [6.45, 7) is 4.56. The first kappa shape index (κ1) is 11.6. The smallest absolute Gasteiger partial charge is 0.231 e. The topological polar surface area (TPSA) is 54.0 Å². The number of nitrogens with one attached hydrogen (secondary N) is 1. The molecule has 2 aliphatic rings. The monoisotopic (exact) mass is 250 g/mol. The van der Waals surface area contributed by atoms with Crippen LogP contribution in [0, 0.1) is 0 Å². The van der Waals surface area contributed by atoms with E-state index >= 15 is 0 Å². The number of aliphatic hydroxyl groups excluding tert-OH is 1. The molecule has 0 radical (unpaired) electrons. The Morgan fingerprint density at radius 2 is 2.11 bits per heavy atom. The Morgan fingerprint density at radius 1 is 1.28 bits per heavy atom. The van der Waals surface area contributed by atoms with Crippen molar-refractivity contribution in [1.29, 1.82) is 0 Å². The van der Waals surface area contributed by atoms with Crippen LogP contribution in [0.5, 0.6) is 11.5 Å². The molecule has 18 heavy (non-hydrogen) atoms. The molecule has 2 N–H and O–H groups in total. The first-order valence-corrected chi connectivity index (χ1v) is 6.28. The van der Waals surface area contributed by atoms with E-state index in [0.29, 0.717) is 25.9 Å². The third kappa shape index (κ3) is 2.23. The van der Waals surface area contributed by atoms with Crippen molar-refractivity contribution in [2.75, 3.05) is 31.3 Å². The minimum Gasteiger partial charge on any atom is -0.454 e. The van der Waals surface area contributed by atoms with E-state index < -0.39 is 0 Å². The van der Waals surface area contributed by atoms with Gasteiger partial charge in [-0.15, -0.1) is 0 Å². The number of hydrogen-bond acceptors (Lipinski definition) is 5. The van der Waals surface area contributed by atoms with Crippen LogP contribution < -0.4 is 19.7 Å². The van der Waals surface area contributed by atoms with Gasteiger partial charge in [0.1, 0.15) is 0 Å². The zero-order valence-electron chi connectivity index (χ0n) is 10.4. The van der Waals surface area contributed by atoms with Crippen LogP contribution in [-0.2, 0) is 0 Å². The Kier molecular flexibility index (Phi) is 3.01. The van der Waals surface area contributed by atoms with Crippen LogP contribution in [0.4, 0.5) is 5.69 Å². The maximum Gasteiger partial charge on any atom is 0.231 e. The second kappa shape index (κ2) is 4.66. The van der Waals surface area contributed by atoms with Crippen molar-refractivity contribution in [3.63, 3.8) is 0 Å². The summed E-state index contributed by atoms with van der Waals surface area (Å²) in [7, 11) is 0. The van der Waals surface area contributed by atoms with Gasteiger partial charge in [-0.05, 0) is 19.1 Å². The van der Waals surface area contributed by atoms with Crippen molar-refractivity contribution < 1.29 is 14.6 Å².